The molecule has 0 aromatic heterocycles. The van der Waals surface area contributed by atoms with Crippen LogP contribution in [0.2, 0.25) is 0 Å². The maximum absolute atomic E-state index is 14.3. The zero-order valence-corrected chi connectivity index (χ0v) is 13.9. The first-order chi connectivity index (χ1) is 12.9. The molecule has 8 heteroatoms. The van der Waals surface area contributed by atoms with Gasteiger partial charge in [0.25, 0.3) is 0 Å². The molecule has 0 bridgehead atoms. The van der Waals surface area contributed by atoms with Crippen LogP contribution in [0.5, 0.6) is 5.75 Å². The molecule has 27 heavy (non-hydrogen) atoms. The maximum atomic E-state index is 14.3. The van der Waals surface area contributed by atoms with Crippen LogP contribution in [0, 0.1) is 34.6 Å². The third-order valence-electron chi connectivity index (χ3n) is 4.16. The van der Waals surface area contributed by atoms with Crippen molar-refractivity contribution in [2.24, 2.45) is 0 Å². The molecule has 2 aromatic carbocycles. The summed E-state index contributed by atoms with van der Waals surface area (Å²) in [6.45, 7) is 0.480. The van der Waals surface area contributed by atoms with Crippen LogP contribution >= 0.6 is 0 Å². The van der Waals surface area contributed by atoms with Crippen LogP contribution in [-0.2, 0) is 4.74 Å². The van der Waals surface area contributed by atoms with Crippen molar-refractivity contribution >= 4 is 5.97 Å². The van der Waals surface area contributed by atoms with E-state index in [-0.39, 0.29) is 5.56 Å². The van der Waals surface area contributed by atoms with Crippen LogP contribution in [0.3, 0.4) is 0 Å². The highest BCUT2D eigenvalue weighted by Gasteiger charge is 2.25. The second kappa shape index (κ2) is 7.76. The Morgan fingerprint density at radius 3 is 2.19 bits per heavy atom. The number of nitriles is 1. The van der Waals surface area contributed by atoms with Crippen LogP contribution in [0.1, 0.15) is 46.9 Å². The smallest absolute Gasteiger partial charge is 0.349 e. The first-order valence-electron chi connectivity index (χ1n) is 8.12. The molecule has 0 N–H and O–H groups in total. The number of hydrogen-bond acceptors (Lipinski definition) is 4. The van der Waals surface area contributed by atoms with E-state index < -0.39 is 52.2 Å². The van der Waals surface area contributed by atoms with Gasteiger partial charge in [-0.1, -0.05) is 0 Å². The molecule has 0 aliphatic carbocycles. The summed E-state index contributed by atoms with van der Waals surface area (Å²) in [5, 5.41) is 8.61. The Kier molecular flexibility index (Phi) is 5.42. The molecular formula is C19H13F4NO3. The highest BCUT2D eigenvalue weighted by Crippen LogP contribution is 2.30. The van der Waals surface area contributed by atoms with Crippen molar-refractivity contribution in [3.63, 3.8) is 0 Å². The number of ether oxygens (including phenoxy) is 2. The Morgan fingerprint density at radius 2 is 1.67 bits per heavy atom. The van der Waals surface area contributed by atoms with E-state index in [0.717, 1.165) is 25.0 Å². The normalized spacial score (nSPS) is 16.6. The van der Waals surface area contributed by atoms with Crippen molar-refractivity contribution in [1.82, 2.24) is 0 Å². The van der Waals surface area contributed by atoms with E-state index in [9.17, 15) is 22.4 Å². The third-order valence-corrected chi connectivity index (χ3v) is 4.16. The molecule has 140 valence electrons. The summed E-state index contributed by atoms with van der Waals surface area (Å²) in [5.41, 5.74) is -1.58. The molecular weight excluding hydrogens is 366 g/mol. The number of hydrogen-bond donors (Lipinski definition) is 0. The quantitative estimate of drug-likeness (QED) is 0.445. The number of carbonyl (C=O) groups is 1. The molecule has 2 aromatic rings. The van der Waals surface area contributed by atoms with Gasteiger partial charge in [-0.05, 0) is 37.0 Å². The van der Waals surface area contributed by atoms with Gasteiger partial charge in [0.05, 0.1) is 6.10 Å². The van der Waals surface area contributed by atoms with Crippen molar-refractivity contribution in [3.8, 4) is 11.8 Å². The van der Waals surface area contributed by atoms with Crippen LogP contribution in [0.4, 0.5) is 17.6 Å². The fourth-order valence-corrected chi connectivity index (χ4v) is 2.85. The highest BCUT2D eigenvalue weighted by atomic mass is 19.1. The minimum atomic E-state index is -1.45. The van der Waals surface area contributed by atoms with Gasteiger partial charge in [0.1, 0.15) is 46.2 Å². The highest BCUT2D eigenvalue weighted by molar-refractivity contribution is 5.91. The predicted molar refractivity (Wildman–Crippen MR) is 84.9 cm³/mol. The van der Waals surface area contributed by atoms with Gasteiger partial charge in [0.15, 0.2) is 0 Å². The zero-order valence-electron chi connectivity index (χ0n) is 13.9. The molecule has 1 heterocycles. The van der Waals surface area contributed by atoms with E-state index in [0.29, 0.717) is 25.2 Å². The summed E-state index contributed by atoms with van der Waals surface area (Å²) >= 11 is 0. The van der Waals surface area contributed by atoms with Crippen molar-refractivity contribution < 1.29 is 31.8 Å². The average Bonchev–Trinajstić information content (AvgIpc) is 2.61. The molecule has 4 nitrogen and oxygen atoms in total. The molecule has 0 amide bonds. The predicted octanol–water partition coefficient (Wildman–Crippen LogP) is 4.58. The van der Waals surface area contributed by atoms with Gasteiger partial charge in [-0.3, -0.25) is 0 Å². The molecule has 1 atom stereocenters. The Balaban J connectivity index is 1.86. The van der Waals surface area contributed by atoms with E-state index in [1.165, 1.54) is 6.07 Å². The Hall–Kier alpha value is -2.92. The number of carbonyl (C=O) groups excluding carboxylic acids is 1. The lowest BCUT2D eigenvalue weighted by Gasteiger charge is -2.23. The van der Waals surface area contributed by atoms with Gasteiger partial charge in [0.2, 0.25) is 0 Å². The van der Waals surface area contributed by atoms with E-state index >= 15 is 0 Å². The summed E-state index contributed by atoms with van der Waals surface area (Å²) in [6.07, 6.45) is 1.86. The zero-order chi connectivity index (χ0) is 19.6. The fraction of sp³-hybridized carbons (Fsp3) is 0.263. The SMILES string of the molecule is N#Cc1c(F)cc(OC(=O)c2c(F)cc(C3CCCCO3)cc2F)cc1F. The molecule has 1 unspecified atom stereocenters. The number of halogens is 4. The lowest BCUT2D eigenvalue weighted by atomic mass is 9.99. The number of benzene rings is 2. The van der Waals surface area contributed by atoms with Gasteiger partial charge in [-0.15, -0.1) is 0 Å². The van der Waals surface area contributed by atoms with Gasteiger partial charge in [-0.25, -0.2) is 22.4 Å². The largest absolute Gasteiger partial charge is 0.423 e. The monoisotopic (exact) mass is 379 g/mol. The minimum absolute atomic E-state index is 0.261. The van der Waals surface area contributed by atoms with Crippen LogP contribution < -0.4 is 4.74 Å². The Morgan fingerprint density at radius 1 is 1.04 bits per heavy atom. The van der Waals surface area contributed by atoms with E-state index in [4.69, 9.17) is 10.00 Å². The summed E-state index contributed by atoms with van der Waals surface area (Å²) in [6, 6.07) is 4.44. The molecule has 1 aliphatic heterocycles. The van der Waals surface area contributed by atoms with Gasteiger partial charge in [0, 0.05) is 18.7 Å². The first kappa shape index (κ1) is 18.9. The lowest BCUT2D eigenvalue weighted by Crippen LogP contribution is -2.16. The number of esters is 1. The summed E-state index contributed by atoms with van der Waals surface area (Å²) < 4.78 is 65.9. The molecule has 0 spiro atoms. The molecule has 1 aliphatic rings. The minimum Gasteiger partial charge on any atom is -0.423 e. The molecule has 1 saturated heterocycles. The van der Waals surface area contributed by atoms with Crippen LogP contribution in [-0.4, -0.2) is 12.6 Å². The fourth-order valence-electron chi connectivity index (χ4n) is 2.85. The van der Waals surface area contributed by atoms with Gasteiger partial charge < -0.3 is 9.47 Å². The molecule has 0 radical (unpaired) electrons. The second-order valence-electron chi connectivity index (χ2n) is 5.98. The molecule has 0 saturated carbocycles. The van der Waals surface area contributed by atoms with Crippen molar-refractivity contribution in [1.29, 1.82) is 5.26 Å². The topological polar surface area (TPSA) is 59.3 Å². The van der Waals surface area contributed by atoms with Crippen LogP contribution in [0.15, 0.2) is 24.3 Å². The van der Waals surface area contributed by atoms with E-state index in [2.05, 4.69) is 4.74 Å². The van der Waals surface area contributed by atoms with E-state index in [1.807, 2.05) is 0 Å². The Bertz CT molecular complexity index is 887. The van der Waals surface area contributed by atoms with Gasteiger partial charge >= 0.3 is 5.97 Å². The molecule has 1 fully saturated rings. The number of nitrogens with zero attached hydrogens (tertiary/aromatic N) is 1. The third kappa shape index (κ3) is 3.93. The first-order valence-corrected chi connectivity index (χ1v) is 8.12. The van der Waals surface area contributed by atoms with Gasteiger partial charge in [-0.2, -0.15) is 5.26 Å². The number of rotatable bonds is 3. The average molecular weight is 379 g/mol. The summed E-state index contributed by atoms with van der Waals surface area (Å²) in [7, 11) is 0. The van der Waals surface area contributed by atoms with E-state index in [1.54, 1.807) is 0 Å². The van der Waals surface area contributed by atoms with Crippen LogP contribution in [0.25, 0.3) is 0 Å². The van der Waals surface area contributed by atoms with Crippen molar-refractivity contribution in [3.05, 3.63) is 64.2 Å². The summed E-state index contributed by atoms with van der Waals surface area (Å²) in [5.74, 6) is -6.92. The second-order valence-corrected chi connectivity index (χ2v) is 5.98. The van der Waals surface area contributed by atoms with Crippen molar-refractivity contribution in [2.75, 3.05) is 6.61 Å². The Labute approximate surface area is 151 Å². The standard InChI is InChI=1S/C19H13F4NO3/c20-13-7-11(8-14(21)12(13)9-24)27-19(25)18-15(22)5-10(6-16(18)23)17-3-1-2-4-26-17/h5-8,17H,1-4H2. The summed E-state index contributed by atoms with van der Waals surface area (Å²) in [4.78, 5) is 12.1. The van der Waals surface area contributed by atoms with Crippen molar-refractivity contribution in [2.45, 2.75) is 25.4 Å². The lowest BCUT2D eigenvalue weighted by molar-refractivity contribution is 0.0145. The maximum Gasteiger partial charge on any atom is 0.349 e. The molecule has 3 rings (SSSR count).